The molecule has 0 aromatic heterocycles. The van der Waals surface area contributed by atoms with Crippen molar-refractivity contribution < 1.29 is 49.6 Å². The van der Waals surface area contributed by atoms with E-state index in [-0.39, 0.29) is 24.5 Å². The van der Waals surface area contributed by atoms with Gasteiger partial charge in [0.25, 0.3) is 0 Å². The number of rotatable bonds is 8. The van der Waals surface area contributed by atoms with Gasteiger partial charge in [-0.1, -0.05) is 0 Å². The van der Waals surface area contributed by atoms with Crippen LogP contribution in [0.2, 0.25) is 0 Å². The van der Waals surface area contributed by atoms with Gasteiger partial charge in [-0.15, -0.1) is 0 Å². The van der Waals surface area contributed by atoms with Crippen LogP contribution in [0.4, 0.5) is 0 Å². The quantitative estimate of drug-likeness (QED) is 0.297. The summed E-state index contributed by atoms with van der Waals surface area (Å²) < 4.78 is 20.6. The van der Waals surface area contributed by atoms with Crippen LogP contribution in [0.1, 0.15) is 5.56 Å². The van der Waals surface area contributed by atoms with Crippen molar-refractivity contribution in [1.82, 2.24) is 0 Å². The molecule has 0 radical (unpaired) electrons. The number of hydrogen-bond donors (Lipinski definition) is 6. The van der Waals surface area contributed by atoms with Crippen molar-refractivity contribution >= 4 is 0 Å². The number of ether oxygens (including phenoxy) is 4. The van der Waals surface area contributed by atoms with Crippen LogP contribution in [-0.4, -0.2) is 94.9 Å². The van der Waals surface area contributed by atoms with E-state index < -0.39 is 43.4 Å². The minimum absolute atomic E-state index is 0.0886. The van der Waals surface area contributed by atoms with E-state index in [9.17, 15) is 25.5 Å². The second-order valence-electron chi connectivity index (χ2n) is 6.24. The number of phenolic OH excluding ortho intramolecular Hbond substituents is 1. The van der Waals surface area contributed by atoms with Gasteiger partial charge < -0.3 is 49.6 Å². The van der Waals surface area contributed by atoms with Crippen LogP contribution in [0.15, 0.2) is 12.1 Å². The molecule has 0 aliphatic carbocycles. The van der Waals surface area contributed by atoms with Gasteiger partial charge in [0.05, 0.1) is 33.5 Å². The number of phenols is 1. The molecule has 0 amide bonds. The molecule has 27 heavy (non-hydrogen) atoms. The first-order valence-electron chi connectivity index (χ1n) is 8.36. The summed E-state index contributed by atoms with van der Waals surface area (Å²) in [6, 6.07) is 3.01. The molecule has 10 heteroatoms. The van der Waals surface area contributed by atoms with Crippen LogP contribution < -0.4 is 9.47 Å². The molecule has 1 fully saturated rings. The summed E-state index contributed by atoms with van der Waals surface area (Å²) >= 11 is 0. The zero-order valence-electron chi connectivity index (χ0n) is 15.1. The Hall–Kier alpha value is -1.66. The first kappa shape index (κ1) is 21.6. The second-order valence-corrected chi connectivity index (χ2v) is 6.24. The van der Waals surface area contributed by atoms with Gasteiger partial charge >= 0.3 is 0 Å². The maximum Gasteiger partial charge on any atom is 0.203 e. The monoisotopic (exact) mass is 390 g/mol. The van der Waals surface area contributed by atoms with Crippen molar-refractivity contribution in [3.8, 4) is 17.2 Å². The van der Waals surface area contributed by atoms with Crippen LogP contribution in [0.25, 0.3) is 0 Å². The number of methoxy groups -OCH3 is 2. The summed E-state index contributed by atoms with van der Waals surface area (Å²) in [7, 11) is 2.81. The molecule has 10 nitrogen and oxygen atoms in total. The van der Waals surface area contributed by atoms with Crippen LogP contribution in [0, 0.1) is 0 Å². The molecule has 1 heterocycles. The molecule has 0 spiro atoms. The Balaban J connectivity index is 1.96. The highest BCUT2D eigenvalue weighted by molar-refractivity contribution is 5.53. The van der Waals surface area contributed by atoms with E-state index in [2.05, 4.69) is 0 Å². The Bertz CT molecular complexity index is 608. The van der Waals surface area contributed by atoms with Gasteiger partial charge in [-0.25, -0.2) is 0 Å². The van der Waals surface area contributed by atoms with Crippen molar-refractivity contribution in [2.45, 2.75) is 43.2 Å². The summed E-state index contributed by atoms with van der Waals surface area (Å²) in [4.78, 5) is 0. The van der Waals surface area contributed by atoms with Gasteiger partial charge in [0.1, 0.15) is 24.4 Å². The van der Waals surface area contributed by atoms with Crippen molar-refractivity contribution in [2.75, 3.05) is 27.4 Å². The topological polar surface area (TPSA) is 158 Å². The predicted molar refractivity (Wildman–Crippen MR) is 90.6 cm³/mol. The zero-order chi connectivity index (χ0) is 20.1. The number of aliphatic hydroxyl groups excluding tert-OH is 5. The van der Waals surface area contributed by atoms with E-state index in [1.807, 2.05) is 0 Å². The lowest BCUT2D eigenvalue weighted by Gasteiger charge is -2.39. The predicted octanol–water partition coefficient (Wildman–Crippen LogP) is -1.87. The van der Waals surface area contributed by atoms with E-state index in [1.165, 1.54) is 20.3 Å². The molecule has 1 aliphatic rings. The van der Waals surface area contributed by atoms with E-state index in [4.69, 9.17) is 24.1 Å². The third kappa shape index (κ3) is 4.99. The first-order valence-corrected chi connectivity index (χ1v) is 8.36. The largest absolute Gasteiger partial charge is 0.504 e. The van der Waals surface area contributed by atoms with Crippen molar-refractivity contribution in [2.24, 2.45) is 0 Å². The first-order chi connectivity index (χ1) is 12.8. The average Bonchev–Trinajstić information content (AvgIpc) is 2.65. The number of aromatic hydroxyl groups is 1. The number of aliphatic hydroxyl groups is 5. The summed E-state index contributed by atoms with van der Waals surface area (Å²) in [5.41, 5.74) is 0.551. The fourth-order valence-corrected chi connectivity index (χ4v) is 2.86. The van der Waals surface area contributed by atoms with E-state index in [0.29, 0.717) is 11.3 Å². The maximum atomic E-state index is 10.2. The maximum absolute atomic E-state index is 10.2. The van der Waals surface area contributed by atoms with E-state index in [0.717, 1.165) is 0 Å². The molecule has 1 aromatic carbocycles. The van der Waals surface area contributed by atoms with Gasteiger partial charge in [0.15, 0.2) is 17.8 Å². The molecule has 1 aromatic rings. The van der Waals surface area contributed by atoms with Crippen LogP contribution in [-0.2, 0) is 15.9 Å². The summed E-state index contributed by atoms with van der Waals surface area (Å²) in [5, 5.41) is 58.6. The molecule has 0 saturated carbocycles. The molecule has 6 atom stereocenters. The Morgan fingerprint density at radius 1 is 1.07 bits per heavy atom. The molecule has 154 valence electrons. The lowest BCUT2D eigenvalue weighted by molar-refractivity contribution is -0.304. The van der Waals surface area contributed by atoms with Crippen LogP contribution >= 0.6 is 0 Å². The fourth-order valence-electron chi connectivity index (χ4n) is 2.86. The van der Waals surface area contributed by atoms with Gasteiger partial charge in [-0.2, -0.15) is 0 Å². The SMILES string of the molecule is COc1cc(C[C@@H](O)CO[C@@H]2O[C@H](CO)[C@@H](O)[C@H](O)[C@H]2O)cc(O)c1OC. The molecular formula is C17H26O10. The number of hydrogen-bond acceptors (Lipinski definition) is 10. The lowest BCUT2D eigenvalue weighted by Crippen LogP contribution is -2.59. The Morgan fingerprint density at radius 3 is 2.37 bits per heavy atom. The number of benzene rings is 1. The summed E-state index contributed by atoms with van der Waals surface area (Å²) in [6.07, 6.45) is -7.94. The highest BCUT2D eigenvalue weighted by Crippen LogP contribution is 2.37. The highest BCUT2D eigenvalue weighted by atomic mass is 16.7. The molecule has 0 unspecified atom stereocenters. The average molecular weight is 390 g/mol. The Kier molecular flexibility index (Phi) is 7.62. The Morgan fingerprint density at radius 2 is 1.78 bits per heavy atom. The minimum atomic E-state index is -1.55. The van der Waals surface area contributed by atoms with Gasteiger partial charge in [0.2, 0.25) is 5.75 Å². The minimum Gasteiger partial charge on any atom is -0.504 e. The van der Waals surface area contributed by atoms with E-state index in [1.54, 1.807) is 6.07 Å². The third-order valence-electron chi connectivity index (χ3n) is 4.29. The van der Waals surface area contributed by atoms with E-state index >= 15 is 0 Å². The third-order valence-corrected chi connectivity index (χ3v) is 4.29. The fraction of sp³-hybridized carbons (Fsp3) is 0.647. The molecule has 1 saturated heterocycles. The lowest BCUT2D eigenvalue weighted by atomic mass is 9.99. The molecule has 6 N–H and O–H groups in total. The van der Waals surface area contributed by atoms with Crippen LogP contribution in [0.5, 0.6) is 17.2 Å². The van der Waals surface area contributed by atoms with Gasteiger partial charge in [-0.05, 0) is 17.7 Å². The van der Waals surface area contributed by atoms with Crippen molar-refractivity contribution in [1.29, 1.82) is 0 Å². The molecular weight excluding hydrogens is 364 g/mol. The van der Waals surface area contributed by atoms with Crippen molar-refractivity contribution in [3.63, 3.8) is 0 Å². The molecule has 0 bridgehead atoms. The van der Waals surface area contributed by atoms with Crippen LogP contribution in [0.3, 0.4) is 0 Å². The standard InChI is InChI=1S/C17H26O10/c1-24-11-5-8(4-10(20)16(11)25-2)3-9(19)7-26-17-15(23)14(22)13(21)12(6-18)27-17/h4-5,9,12-15,17-23H,3,6-7H2,1-2H3/t9-,12-,13-,14+,15-,17-/m1/s1. The normalized spacial score (nSPS) is 29.4. The second kappa shape index (κ2) is 9.51. The smallest absolute Gasteiger partial charge is 0.203 e. The molecule has 1 aliphatic heterocycles. The molecule has 2 rings (SSSR count). The summed E-state index contributed by atoms with van der Waals surface area (Å²) in [5.74, 6) is 0.330. The van der Waals surface area contributed by atoms with Gasteiger partial charge in [-0.3, -0.25) is 0 Å². The zero-order valence-corrected chi connectivity index (χ0v) is 15.1. The highest BCUT2D eigenvalue weighted by Gasteiger charge is 2.44. The Labute approximate surface area is 156 Å². The van der Waals surface area contributed by atoms with Crippen molar-refractivity contribution in [3.05, 3.63) is 17.7 Å². The summed E-state index contributed by atoms with van der Waals surface area (Å²) in [6.45, 7) is -0.837. The van der Waals surface area contributed by atoms with Gasteiger partial charge in [0, 0.05) is 6.42 Å².